The molecule has 0 atom stereocenters. The van der Waals surface area contributed by atoms with Crippen LogP contribution in [0.2, 0.25) is 0 Å². The fourth-order valence-corrected chi connectivity index (χ4v) is 2.79. The van der Waals surface area contributed by atoms with Gasteiger partial charge in [0.15, 0.2) is 6.73 Å². The Labute approximate surface area is 149 Å². The molecule has 1 aliphatic carbocycles. The number of ether oxygens (including phenoxy) is 3. The number of nitrogens with one attached hydrogen (secondary N) is 1. The highest BCUT2D eigenvalue weighted by Gasteiger charge is 2.51. The number of nitrogens with zero attached hydrogens (tertiary/aromatic N) is 1. The molecule has 1 aromatic rings. The minimum Gasteiger partial charge on any atom is -0.467 e. The normalized spacial score (nSPS) is 14.0. The molecule has 0 aliphatic heterocycles. The lowest BCUT2D eigenvalue weighted by Gasteiger charge is -2.28. The summed E-state index contributed by atoms with van der Waals surface area (Å²) in [6.07, 6.45) is 1.18. The highest BCUT2D eigenvalue weighted by Crippen LogP contribution is 2.42. The van der Waals surface area contributed by atoms with E-state index in [4.69, 9.17) is 18.7 Å². The van der Waals surface area contributed by atoms with E-state index in [0.29, 0.717) is 5.76 Å². The second-order valence-electron chi connectivity index (χ2n) is 6.06. The number of hydrogen-bond acceptors (Lipinski definition) is 8. The van der Waals surface area contributed by atoms with E-state index >= 15 is 0 Å². The predicted octanol–water partition coefficient (Wildman–Crippen LogP) is -0.314. The molecule has 1 N–H and O–H groups in total. The Kier molecular flexibility index (Phi) is 5.86. The lowest BCUT2D eigenvalue weighted by molar-refractivity contribution is -0.165. The zero-order chi connectivity index (χ0) is 19.5. The average molecular weight is 370 g/mol. The third-order valence-corrected chi connectivity index (χ3v) is 4.08. The molecule has 10 nitrogen and oxygen atoms in total. The molecule has 1 heterocycles. The lowest BCUT2D eigenvalue weighted by atomic mass is 9.90. The highest BCUT2D eigenvalue weighted by atomic mass is 16.6. The minimum absolute atomic E-state index is 0.0149. The fourth-order valence-electron chi connectivity index (χ4n) is 2.79. The Hall–Kier alpha value is -2.62. The molecule has 0 spiro atoms. The van der Waals surface area contributed by atoms with Crippen molar-refractivity contribution >= 4 is 17.8 Å². The van der Waals surface area contributed by atoms with Gasteiger partial charge in [-0.15, -0.1) is 4.74 Å². The van der Waals surface area contributed by atoms with E-state index < -0.39 is 35.4 Å². The Bertz CT molecular complexity index is 743. The summed E-state index contributed by atoms with van der Waals surface area (Å²) in [4.78, 5) is 49.2. The molecule has 0 bridgehead atoms. The number of carbonyl (C=O) groups excluding carboxylic acids is 3. The summed E-state index contributed by atoms with van der Waals surface area (Å²) in [5.41, 5.74) is -2.63. The molecule has 0 radical (unpaired) electrons. The number of amides is 1. The SMILES string of the molecule is COCn1oc(C2CC2)c(CC(NC(C)=O)(C(=O)OC)C(=O)OC)c1=O. The van der Waals surface area contributed by atoms with Crippen molar-refractivity contribution in [1.82, 2.24) is 10.1 Å². The van der Waals surface area contributed by atoms with Gasteiger partial charge < -0.3 is 24.1 Å². The summed E-state index contributed by atoms with van der Waals surface area (Å²) < 4.78 is 20.9. The molecule has 26 heavy (non-hydrogen) atoms. The van der Waals surface area contributed by atoms with Gasteiger partial charge in [0.1, 0.15) is 5.76 Å². The maximum absolute atomic E-state index is 12.7. The number of esters is 2. The Morgan fingerprint density at radius 2 is 1.77 bits per heavy atom. The van der Waals surface area contributed by atoms with Crippen molar-refractivity contribution in [3.63, 3.8) is 0 Å². The van der Waals surface area contributed by atoms with Gasteiger partial charge in [0, 0.05) is 26.4 Å². The zero-order valence-corrected chi connectivity index (χ0v) is 15.1. The van der Waals surface area contributed by atoms with Gasteiger partial charge in [-0.25, -0.2) is 9.59 Å². The molecule has 10 heteroatoms. The van der Waals surface area contributed by atoms with Crippen LogP contribution in [-0.4, -0.2) is 49.5 Å². The first-order valence-electron chi connectivity index (χ1n) is 7.98. The van der Waals surface area contributed by atoms with Crippen LogP contribution in [0.5, 0.6) is 0 Å². The van der Waals surface area contributed by atoms with Gasteiger partial charge in [0.2, 0.25) is 11.4 Å². The summed E-state index contributed by atoms with van der Waals surface area (Å²) in [6, 6.07) is 0. The minimum atomic E-state index is -2.19. The van der Waals surface area contributed by atoms with Gasteiger partial charge in [-0.3, -0.25) is 9.59 Å². The molecular weight excluding hydrogens is 348 g/mol. The van der Waals surface area contributed by atoms with Crippen molar-refractivity contribution in [1.29, 1.82) is 0 Å². The smallest absolute Gasteiger partial charge is 0.343 e. The summed E-state index contributed by atoms with van der Waals surface area (Å²) in [5.74, 6) is -2.36. The Morgan fingerprint density at radius 1 is 1.19 bits per heavy atom. The van der Waals surface area contributed by atoms with Gasteiger partial charge in [0.25, 0.3) is 5.56 Å². The first-order chi connectivity index (χ1) is 12.3. The molecule has 0 unspecified atom stereocenters. The van der Waals surface area contributed by atoms with E-state index in [1.165, 1.54) is 7.11 Å². The van der Waals surface area contributed by atoms with Gasteiger partial charge in [-0.2, -0.15) is 0 Å². The largest absolute Gasteiger partial charge is 0.467 e. The molecule has 0 saturated heterocycles. The third kappa shape index (κ3) is 3.64. The standard InChI is InChI=1S/C16H22N2O8/c1-9(19)17-16(14(21)24-3,15(22)25-4)7-11-12(10-5-6-10)26-18(8-23-2)13(11)20/h10H,5-8H2,1-4H3,(H,17,19). The monoisotopic (exact) mass is 370 g/mol. The van der Waals surface area contributed by atoms with Crippen molar-refractivity contribution in [3.05, 3.63) is 21.7 Å². The van der Waals surface area contributed by atoms with Gasteiger partial charge in [-0.1, -0.05) is 0 Å². The molecule has 144 valence electrons. The number of hydrogen-bond donors (Lipinski definition) is 1. The maximum atomic E-state index is 12.7. The predicted molar refractivity (Wildman–Crippen MR) is 86.2 cm³/mol. The fraction of sp³-hybridized carbons (Fsp3) is 0.625. The van der Waals surface area contributed by atoms with Crippen molar-refractivity contribution in [2.75, 3.05) is 21.3 Å². The summed E-state index contributed by atoms with van der Waals surface area (Å²) in [6.45, 7) is 1.02. The van der Waals surface area contributed by atoms with Crippen LogP contribution in [-0.2, 0) is 41.7 Å². The number of aromatic nitrogens is 1. The molecule has 2 rings (SSSR count). The average Bonchev–Trinajstić information content (AvgIpc) is 3.40. The van der Waals surface area contributed by atoms with Crippen LogP contribution in [0.3, 0.4) is 0 Å². The van der Waals surface area contributed by atoms with Crippen LogP contribution in [0.4, 0.5) is 0 Å². The van der Waals surface area contributed by atoms with Gasteiger partial charge in [0.05, 0.1) is 19.8 Å². The van der Waals surface area contributed by atoms with Crippen LogP contribution in [0, 0.1) is 0 Å². The van der Waals surface area contributed by atoms with Crippen LogP contribution < -0.4 is 10.9 Å². The highest BCUT2D eigenvalue weighted by molar-refractivity contribution is 6.08. The molecular formula is C16H22N2O8. The van der Waals surface area contributed by atoms with Crippen LogP contribution >= 0.6 is 0 Å². The third-order valence-electron chi connectivity index (χ3n) is 4.08. The Balaban J connectivity index is 2.57. The van der Waals surface area contributed by atoms with E-state index in [1.54, 1.807) is 0 Å². The molecule has 1 aliphatic rings. The number of carbonyl (C=O) groups is 3. The van der Waals surface area contributed by atoms with E-state index in [2.05, 4.69) is 5.32 Å². The first kappa shape index (κ1) is 19.7. The zero-order valence-electron chi connectivity index (χ0n) is 15.1. The molecule has 1 aromatic heterocycles. The molecule has 1 amide bonds. The van der Waals surface area contributed by atoms with Crippen LogP contribution in [0.25, 0.3) is 0 Å². The van der Waals surface area contributed by atoms with E-state index in [-0.39, 0.29) is 18.2 Å². The van der Waals surface area contributed by atoms with E-state index in [9.17, 15) is 19.2 Å². The summed E-state index contributed by atoms with van der Waals surface area (Å²) >= 11 is 0. The van der Waals surface area contributed by atoms with Crippen LogP contribution in [0.1, 0.15) is 37.0 Å². The van der Waals surface area contributed by atoms with E-state index in [0.717, 1.165) is 38.7 Å². The lowest BCUT2D eigenvalue weighted by Crippen LogP contribution is -2.62. The number of methoxy groups -OCH3 is 3. The first-order valence-corrected chi connectivity index (χ1v) is 7.98. The summed E-state index contributed by atoms with van der Waals surface area (Å²) in [7, 11) is 3.54. The van der Waals surface area contributed by atoms with Crippen molar-refractivity contribution in [3.8, 4) is 0 Å². The molecule has 1 saturated carbocycles. The second-order valence-corrected chi connectivity index (χ2v) is 6.06. The Morgan fingerprint density at radius 3 is 2.19 bits per heavy atom. The summed E-state index contributed by atoms with van der Waals surface area (Å²) in [5, 5.41) is 2.29. The van der Waals surface area contributed by atoms with Gasteiger partial charge in [-0.05, 0) is 12.8 Å². The number of rotatable bonds is 8. The van der Waals surface area contributed by atoms with E-state index in [1.807, 2.05) is 0 Å². The topological polar surface area (TPSA) is 126 Å². The van der Waals surface area contributed by atoms with Gasteiger partial charge >= 0.3 is 11.9 Å². The second kappa shape index (κ2) is 7.73. The van der Waals surface area contributed by atoms with Crippen molar-refractivity contribution in [2.45, 2.75) is 44.4 Å². The van der Waals surface area contributed by atoms with Crippen molar-refractivity contribution in [2.24, 2.45) is 0 Å². The van der Waals surface area contributed by atoms with Crippen molar-refractivity contribution < 1.29 is 33.1 Å². The van der Waals surface area contributed by atoms with Crippen LogP contribution in [0.15, 0.2) is 9.32 Å². The molecule has 1 fully saturated rings. The maximum Gasteiger partial charge on any atom is 0.343 e. The molecule has 0 aromatic carbocycles. The quantitative estimate of drug-likeness (QED) is 0.488.